The van der Waals surface area contributed by atoms with Crippen LogP contribution in [0.2, 0.25) is 0 Å². The first kappa shape index (κ1) is 14.8. The third-order valence-corrected chi connectivity index (χ3v) is 4.17. The molecule has 1 saturated heterocycles. The van der Waals surface area contributed by atoms with E-state index in [0.717, 1.165) is 43.4 Å². The van der Waals surface area contributed by atoms with Crippen LogP contribution in [0.3, 0.4) is 0 Å². The van der Waals surface area contributed by atoms with Crippen LogP contribution in [0.25, 0.3) is 11.2 Å². The Morgan fingerprint density at radius 1 is 1.25 bits per heavy atom. The number of rotatable bonds is 4. The molecule has 2 aromatic heterocycles. The van der Waals surface area contributed by atoms with Gasteiger partial charge in [-0.3, -0.25) is 0 Å². The Bertz CT molecular complexity index is 869. The van der Waals surface area contributed by atoms with Crippen molar-refractivity contribution < 1.29 is 13.5 Å². The SMILES string of the molecule is Fc1ccc(F)c(OC[C@H]2CCCN2c2ncnc3[nH]cnc23)c1. The molecule has 1 fully saturated rings. The lowest BCUT2D eigenvalue weighted by Crippen LogP contribution is -2.35. The van der Waals surface area contributed by atoms with Crippen molar-refractivity contribution in [3.05, 3.63) is 42.5 Å². The summed E-state index contributed by atoms with van der Waals surface area (Å²) in [7, 11) is 0. The van der Waals surface area contributed by atoms with Crippen LogP contribution >= 0.6 is 0 Å². The molecule has 0 unspecified atom stereocenters. The number of benzene rings is 1. The molecule has 0 saturated carbocycles. The fraction of sp³-hybridized carbons (Fsp3) is 0.312. The summed E-state index contributed by atoms with van der Waals surface area (Å²) in [6.45, 7) is 1.05. The molecule has 0 amide bonds. The van der Waals surface area contributed by atoms with Gasteiger partial charge in [0.15, 0.2) is 23.0 Å². The number of ether oxygens (including phenoxy) is 1. The van der Waals surface area contributed by atoms with E-state index in [9.17, 15) is 8.78 Å². The van der Waals surface area contributed by atoms with Crippen molar-refractivity contribution in [1.29, 1.82) is 0 Å². The molecule has 1 aliphatic heterocycles. The van der Waals surface area contributed by atoms with E-state index in [2.05, 4.69) is 24.8 Å². The normalized spacial score (nSPS) is 17.6. The zero-order valence-corrected chi connectivity index (χ0v) is 12.7. The summed E-state index contributed by atoms with van der Waals surface area (Å²) in [4.78, 5) is 17.8. The molecular weight excluding hydrogens is 316 g/mol. The van der Waals surface area contributed by atoms with Crippen LogP contribution in [-0.4, -0.2) is 39.1 Å². The highest BCUT2D eigenvalue weighted by Crippen LogP contribution is 2.28. The maximum Gasteiger partial charge on any atom is 0.165 e. The fourth-order valence-corrected chi connectivity index (χ4v) is 3.02. The van der Waals surface area contributed by atoms with Crippen LogP contribution in [0.5, 0.6) is 5.75 Å². The summed E-state index contributed by atoms with van der Waals surface area (Å²) in [6, 6.07) is 3.21. The van der Waals surface area contributed by atoms with Crippen LogP contribution in [0.15, 0.2) is 30.9 Å². The van der Waals surface area contributed by atoms with E-state index in [1.807, 2.05) is 0 Å². The topological polar surface area (TPSA) is 66.9 Å². The number of nitrogens with one attached hydrogen (secondary N) is 1. The van der Waals surface area contributed by atoms with Crippen molar-refractivity contribution in [2.75, 3.05) is 18.1 Å². The lowest BCUT2D eigenvalue weighted by Gasteiger charge is -2.25. The van der Waals surface area contributed by atoms with Gasteiger partial charge >= 0.3 is 0 Å². The molecule has 0 radical (unpaired) electrons. The minimum absolute atomic E-state index is 0.0162. The van der Waals surface area contributed by atoms with Gasteiger partial charge in [0.2, 0.25) is 0 Å². The van der Waals surface area contributed by atoms with E-state index in [1.54, 1.807) is 6.33 Å². The van der Waals surface area contributed by atoms with Gasteiger partial charge < -0.3 is 14.6 Å². The van der Waals surface area contributed by atoms with Gasteiger partial charge in [-0.05, 0) is 25.0 Å². The van der Waals surface area contributed by atoms with Gasteiger partial charge in [-0.1, -0.05) is 0 Å². The van der Waals surface area contributed by atoms with Gasteiger partial charge in [0.1, 0.15) is 24.3 Å². The van der Waals surface area contributed by atoms with Crippen molar-refractivity contribution in [3.8, 4) is 5.75 Å². The average molecular weight is 331 g/mol. The van der Waals surface area contributed by atoms with Gasteiger partial charge in [-0.25, -0.2) is 23.7 Å². The van der Waals surface area contributed by atoms with Crippen LogP contribution in [0, 0.1) is 11.6 Å². The van der Waals surface area contributed by atoms with Gasteiger partial charge in [0, 0.05) is 12.6 Å². The molecule has 4 rings (SSSR count). The highest BCUT2D eigenvalue weighted by atomic mass is 19.1. The molecule has 1 aliphatic rings. The van der Waals surface area contributed by atoms with E-state index >= 15 is 0 Å². The molecule has 3 aromatic rings. The number of imidazole rings is 1. The predicted octanol–water partition coefficient (Wildman–Crippen LogP) is 2.68. The zero-order valence-electron chi connectivity index (χ0n) is 12.7. The van der Waals surface area contributed by atoms with Crippen LogP contribution in [0.4, 0.5) is 14.6 Å². The maximum atomic E-state index is 13.7. The summed E-state index contributed by atoms with van der Waals surface area (Å²) in [5.41, 5.74) is 1.36. The Morgan fingerprint density at radius 3 is 3.08 bits per heavy atom. The van der Waals surface area contributed by atoms with Gasteiger partial charge in [-0.2, -0.15) is 0 Å². The Hall–Kier alpha value is -2.77. The largest absolute Gasteiger partial charge is 0.488 e. The molecule has 0 aliphatic carbocycles. The van der Waals surface area contributed by atoms with Gasteiger partial charge in [-0.15, -0.1) is 0 Å². The van der Waals surface area contributed by atoms with E-state index in [0.29, 0.717) is 11.2 Å². The Balaban J connectivity index is 1.55. The molecular formula is C16H15F2N5O. The quantitative estimate of drug-likeness (QED) is 0.796. The summed E-state index contributed by atoms with van der Waals surface area (Å²) in [5.74, 6) is -0.442. The molecule has 3 heterocycles. The molecule has 1 atom stereocenters. The van der Waals surface area contributed by atoms with Crippen molar-refractivity contribution in [1.82, 2.24) is 19.9 Å². The van der Waals surface area contributed by atoms with Crippen LogP contribution in [0.1, 0.15) is 12.8 Å². The van der Waals surface area contributed by atoms with Gasteiger partial charge in [0.25, 0.3) is 0 Å². The van der Waals surface area contributed by atoms with E-state index in [1.165, 1.54) is 6.33 Å². The van der Waals surface area contributed by atoms with E-state index < -0.39 is 11.6 Å². The number of fused-ring (bicyclic) bond motifs is 1. The molecule has 1 aromatic carbocycles. The monoisotopic (exact) mass is 331 g/mol. The number of nitrogens with zero attached hydrogens (tertiary/aromatic N) is 4. The molecule has 1 N–H and O–H groups in total. The maximum absolute atomic E-state index is 13.7. The predicted molar refractivity (Wildman–Crippen MR) is 83.9 cm³/mol. The summed E-state index contributed by atoms with van der Waals surface area (Å²) >= 11 is 0. The first-order chi connectivity index (χ1) is 11.7. The number of aromatic amines is 1. The van der Waals surface area contributed by atoms with Crippen molar-refractivity contribution in [2.24, 2.45) is 0 Å². The second-order valence-electron chi connectivity index (χ2n) is 5.67. The molecule has 24 heavy (non-hydrogen) atoms. The van der Waals surface area contributed by atoms with E-state index in [-0.39, 0.29) is 18.4 Å². The number of hydrogen-bond donors (Lipinski definition) is 1. The number of anilines is 1. The standard InChI is InChI=1S/C16H15F2N5O/c17-10-3-4-12(18)13(6-10)24-7-11-2-1-5-23(11)16-14-15(20-8-19-14)21-9-22-16/h3-4,6,8-9,11H,1-2,5,7H2,(H,19,20,21,22)/t11-/m1/s1. The second kappa shape index (κ2) is 6.03. The summed E-state index contributed by atoms with van der Waals surface area (Å²) in [6.07, 6.45) is 4.91. The fourth-order valence-electron chi connectivity index (χ4n) is 3.02. The van der Waals surface area contributed by atoms with Crippen LogP contribution < -0.4 is 9.64 Å². The highest BCUT2D eigenvalue weighted by molar-refractivity contribution is 5.82. The van der Waals surface area contributed by atoms with Crippen LogP contribution in [-0.2, 0) is 0 Å². The average Bonchev–Trinajstić information content (AvgIpc) is 3.24. The number of hydrogen-bond acceptors (Lipinski definition) is 5. The molecule has 0 bridgehead atoms. The van der Waals surface area contributed by atoms with Gasteiger partial charge in [0.05, 0.1) is 12.4 Å². The van der Waals surface area contributed by atoms with Crippen molar-refractivity contribution in [2.45, 2.75) is 18.9 Å². The molecule has 6 nitrogen and oxygen atoms in total. The third-order valence-electron chi connectivity index (χ3n) is 4.17. The Kier molecular flexibility index (Phi) is 3.72. The lowest BCUT2D eigenvalue weighted by atomic mass is 10.2. The summed E-state index contributed by atoms with van der Waals surface area (Å²) < 4.78 is 32.5. The molecule has 0 spiro atoms. The Labute approximate surface area is 136 Å². The van der Waals surface area contributed by atoms with E-state index in [4.69, 9.17) is 4.74 Å². The minimum Gasteiger partial charge on any atom is -0.488 e. The number of H-pyrrole nitrogens is 1. The smallest absolute Gasteiger partial charge is 0.165 e. The lowest BCUT2D eigenvalue weighted by molar-refractivity contribution is 0.274. The minimum atomic E-state index is -0.572. The highest BCUT2D eigenvalue weighted by Gasteiger charge is 2.28. The zero-order chi connectivity index (χ0) is 16.5. The Morgan fingerprint density at radius 2 is 2.17 bits per heavy atom. The van der Waals surface area contributed by atoms with Crippen molar-refractivity contribution >= 4 is 17.0 Å². The first-order valence-corrected chi connectivity index (χ1v) is 7.71. The number of halogens is 2. The molecule has 8 heteroatoms. The number of aromatic nitrogens is 4. The second-order valence-corrected chi connectivity index (χ2v) is 5.67. The van der Waals surface area contributed by atoms with Crippen molar-refractivity contribution in [3.63, 3.8) is 0 Å². The first-order valence-electron chi connectivity index (χ1n) is 7.71. The molecule has 124 valence electrons. The third kappa shape index (κ3) is 2.64. The summed E-state index contributed by atoms with van der Waals surface area (Å²) in [5, 5.41) is 0.